The summed E-state index contributed by atoms with van der Waals surface area (Å²) in [5.41, 5.74) is 1.67. The lowest BCUT2D eigenvalue weighted by Crippen LogP contribution is -2.43. The smallest absolute Gasteiger partial charge is 0.317 e. The van der Waals surface area contributed by atoms with Gasteiger partial charge in [0.25, 0.3) is 11.6 Å². The number of carbonyl (C=O) groups excluding carboxylic acids is 1. The molecule has 0 atom stereocenters. The summed E-state index contributed by atoms with van der Waals surface area (Å²) >= 11 is 0. The maximum Gasteiger partial charge on any atom is 0.317 e. The van der Waals surface area contributed by atoms with E-state index in [1.54, 1.807) is 17.0 Å². The molecule has 1 aromatic heterocycles. The topological polar surface area (TPSA) is 55.1 Å². The number of allylic oxidation sites excluding steroid dienone is 4. The fraction of sp³-hybridized carbons (Fsp3) is 0.421. The van der Waals surface area contributed by atoms with Crippen molar-refractivity contribution in [2.75, 3.05) is 6.61 Å². The molecule has 0 spiro atoms. The second-order valence-corrected chi connectivity index (χ2v) is 6.27. The molecule has 1 N–H and O–H groups in total. The predicted octanol–water partition coefficient (Wildman–Crippen LogP) is 2.40. The van der Waals surface area contributed by atoms with Crippen molar-refractivity contribution in [3.8, 4) is 5.88 Å². The Hall–Kier alpha value is -2.43. The van der Waals surface area contributed by atoms with Gasteiger partial charge in [0.2, 0.25) is 6.20 Å². The third-order valence-corrected chi connectivity index (χ3v) is 4.38. The fourth-order valence-electron chi connectivity index (χ4n) is 3.00. The number of carbonyl (C=O) groups is 1. The Morgan fingerprint density at radius 3 is 3.00 bits per heavy atom. The number of aryl methyl sites for hydroxylation is 1. The Morgan fingerprint density at radius 2 is 2.21 bits per heavy atom. The number of nitrogens with zero attached hydrogens (tertiary/aromatic N) is 2. The predicted molar refractivity (Wildman–Crippen MR) is 91.6 cm³/mol. The molecule has 1 saturated carbocycles. The van der Waals surface area contributed by atoms with Crippen LogP contribution in [0.3, 0.4) is 0 Å². The number of hydrogen-bond acceptors (Lipinski definition) is 3. The van der Waals surface area contributed by atoms with Gasteiger partial charge in [-0.1, -0.05) is 43.2 Å². The van der Waals surface area contributed by atoms with Crippen molar-refractivity contribution >= 4 is 5.91 Å². The van der Waals surface area contributed by atoms with E-state index in [-0.39, 0.29) is 5.91 Å². The maximum atomic E-state index is 12.3. The van der Waals surface area contributed by atoms with Crippen molar-refractivity contribution in [1.82, 2.24) is 10.3 Å². The molecular formula is C19H24N3O2+. The van der Waals surface area contributed by atoms with Crippen LogP contribution >= 0.6 is 0 Å². The summed E-state index contributed by atoms with van der Waals surface area (Å²) in [6.07, 6.45) is 19.1. The zero-order chi connectivity index (χ0) is 16.8. The molecule has 2 aliphatic carbocycles. The zero-order valence-electron chi connectivity index (χ0n) is 14.1. The lowest BCUT2D eigenvalue weighted by Gasteiger charge is -2.10. The van der Waals surface area contributed by atoms with Crippen LogP contribution in [0.5, 0.6) is 5.88 Å². The molecule has 0 aliphatic heterocycles. The van der Waals surface area contributed by atoms with Crippen LogP contribution in [0.4, 0.5) is 0 Å². The molecule has 0 saturated heterocycles. The first-order chi connectivity index (χ1) is 11.7. The molecule has 5 heteroatoms. The lowest BCUT2D eigenvalue weighted by atomic mass is 10.2. The van der Waals surface area contributed by atoms with Gasteiger partial charge in [-0.25, -0.2) is 4.98 Å². The summed E-state index contributed by atoms with van der Waals surface area (Å²) in [5, 5.41) is 3.08. The van der Waals surface area contributed by atoms with E-state index in [2.05, 4.69) is 22.5 Å². The second-order valence-electron chi connectivity index (χ2n) is 6.27. The first-order valence-electron chi connectivity index (χ1n) is 8.54. The standard InChI is InChI=1S/C19H23N3O2/c1-22-13-18(24-14-15-8-4-2-3-5-9-15)20-12-17(22)19(23)21-16-10-6-7-11-16/h2-4,8-9,12-13,16H,5-7,10-11,14H2,1H3/p+1. The highest BCUT2D eigenvalue weighted by atomic mass is 16.5. The molecule has 1 amide bonds. The van der Waals surface area contributed by atoms with Gasteiger partial charge in [0.05, 0.1) is 0 Å². The molecule has 0 radical (unpaired) electrons. The largest absolute Gasteiger partial charge is 0.469 e. The van der Waals surface area contributed by atoms with Gasteiger partial charge >= 0.3 is 5.91 Å². The second kappa shape index (κ2) is 7.90. The van der Waals surface area contributed by atoms with Crippen LogP contribution in [0.25, 0.3) is 0 Å². The molecule has 126 valence electrons. The Labute approximate surface area is 142 Å². The van der Waals surface area contributed by atoms with Crippen LogP contribution in [0.15, 0.2) is 48.3 Å². The van der Waals surface area contributed by atoms with Crippen molar-refractivity contribution < 1.29 is 14.1 Å². The van der Waals surface area contributed by atoms with Gasteiger partial charge < -0.3 is 10.1 Å². The van der Waals surface area contributed by atoms with E-state index in [0.29, 0.717) is 24.2 Å². The highest BCUT2D eigenvalue weighted by Gasteiger charge is 2.23. The van der Waals surface area contributed by atoms with Gasteiger partial charge in [-0.3, -0.25) is 4.79 Å². The molecule has 2 aliphatic rings. The van der Waals surface area contributed by atoms with Crippen molar-refractivity contribution in [1.29, 1.82) is 0 Å². The Balaban J connectivity index is 1.59. The van der Waals surface area contributed by atoms with E-state index in [1.807, 2.05) is 25.3 Å². The minimum absolute atomic E-state index is 0.0658. The van der Waals surface area contributed by atoms with Crippen molar-refractivity contribution in [3.05, 3.63) is 54.0 Å². The highest BCUT2D eigenvalue weighted by Crippen LogP contribution is 2.18. The number of ether oxygens (including phenoxy) is 1. The molecule has 0 bridgehead atoms. The number of aromatic nitrogens is 2. The van der Waals surface area contributed by atoms with Crippen LogP contribution in [0.2, 0.25) is 0 Å². The normalized spacial score (nSPS) is 17.5. The minimum atomic E-state index is -0.0658. The number of hydrogen-bond donors (Lipinski definition) is 1. The van der Waals surface area contributed by atoms with Crippen LogP contribution in [-0.2, 0) is 7.05 Å². The van der Waals surface area contributed by atoms with E-state index < -0.39 is 0 Å². The molecule has 0 unspecified atom stereocenters. The fourth-order valence-corrected chi connectivity index (χ4v) is 3.00. The van der Waals surface area contributed by atoms with Gasteiger partial charge in [-0.15, -0.1) is 0 Å². The maximum absolute atomic E-state index is 12.3. The number of rotatable bonds is 5. The van der Waals surface area contributed by atoms with Crippen LogP contribution in [0, 0.1) is 0 Å². The SMILES string of the molecule is C[n+]1cc(OCC2=CCC=CC=C2)ncc1C(=O)NC1CCCC1. The van der Waals surface area contributed by atoms with Gasteiger partial charge in [-0.2, -0.15) is 4.57 Å². The quantitative estimate of drug-likeness (QED) is 0.846. The van der Waals surface area contributed by atoms with Crippen molar-refractivity contribution in [2.45, 2.75) is 38.1 Å². The molecule has 1 heterocycles. The van der Waals surface area contributed by atoms with E-state index >= 15 is 0 Å². The van der Waals surface area contributed by atoms with Gasteiger partial charge in [0.1, 0.15) is 19.9 Å². The van der Waals surface area contributed by atoms with Gasteiger partial charge in [-0.05, 0) is 24.8 Å². The average molecular weight is 326 g/mol. The zero-order valence-corrected chi connectivity index (χ0v) is 14.1. The molecule has 3 rings (SSSR count). The first kappa shape index (κ1) is 16.4. The molecule has 1 aromatic rings. The number of amides is 1. The number of nitrogens with one attached hydrogen (secondary N) is 1. The molecule has 1 fully saturated rings. The van der Waals surface area contributed by atoms with Gasteiger partial charge in [0, 0.05) is 6.04 Å². The summed E-state index contributed by atoms with van der Waals surface area (Å²) in [6, 6.07) is 0.302. The lowest BCUT2D eigenvalue weighted by molar-refractivity contribution is -0.674. The van der Waals surface area contributed by atoms with E-state index in [4.69, 9.17) is 4.74 Å². The van der Waals surface area contributed by atoms with Crippen LogP contribution in [-0.4, -0.2) is 23.5 Å². The monoisotopic (exact) mass is 326 g/mol. The van der Waals surface area contributed by atoms with E-state index in [0.717, 1.165) is 24.8 Å². The van der Waals surface area contributed by atoms with Gasteiger partial charge in [0.15, 0.2) is 0 Å². The Bertz CT molecular complexity index is 686. The van der Waals surface area contributed by atoms with E-state index in [9.17, 15) is 4.79 Å². The molecule has 24 heavy (non-hydrogen) atoms. The van der Waals surface area contributed by atoms with Crippen molar-refractivity contribution in [2.24, 2.45) is 7.05 Å². The first-order valence-corrected chi connectivity index (χ1v) is 8.54. The third kappa shape index (κ3) is 4.31. The summed E-state index contributed by atoms with van der Waals surface area (Å²) < 4.78 is 7.51. The summed E-state index contributed by atoms with van der Waals surface area (Å²) in [6.45, 7) is 0.471. The highest BCUT2D eigenvalue weighted by molar-refractivity contribution is 5.90. The third-order valence-electron chi connectivity index (χ3n) is 4.38. The summed E-state index contributed by atoms with van der Waals surface area (Å²) in [4.78, 5) is 16.6. The summed E-state index contributed by atoms with van der Waals surface area (Å²) in [5.74, 6) is 0.449. The Kier molecular flexibility index (Phi) is 5.41. The van der Waals surface area contributed by atoms with Crippen LogP contribution in [0.1, 0.15) is 42.6 Å². The molecule has 5 nitrogen and oxygen atoms in total. The molecule has 0 aromatic carbocycles. The minimum Gasteiger partial charge on any atom is -0.469 e. The summed E-state index contributed by atoms with van der Waals surface area (Å²) in [7, 11) is 1.84. The molecular weight excluding hydrogens is 302 g/mol. The Morgan fingerprint density at radius 1 is 1.38 bits per heavy atom. The van der Waals surface area contributed by atoms with E-state index in [1.165, 1.54) is 12.8 Å². The van der Waals surface area contributed by atoms with Crippen molar-refractivity contribution in [3.63, 3.8) is 0 Å². The van der Waals surface area contributed by atoms with Crippen LogP contribution < -0.4 is 14.6 Å². The average Bonchev–Trinajstić information content (AvgIpc) is 2.94.